The predicted octanol–water partition coefficient (Wildman–Crippen LogP) is 2.80. The molecule has 1 nitrogen and oxygen atoms in total. The summed E-state index contributed by atoms with van der Waals surface area (Å²) in [5.74, 6) is 0. The van der Waals surface area contributed by atoms with Crippen molar-refractivity contribution in [2.75, 3.05) is 12.7 Å². The monoisotopic (exact) mass is 321 g/mol. The number of hydrogen-bond donors (Lipinski definition) is 1. The van der Waals surface area contributed by atoms with Gasteiger partial charge in [0.1, 0.15) is 0 Å². The quantitative estimate of drug-likeness (QED) is 0.611. The molecule has 104 valence electrons. The SMILES string of the molecule is C[C](=[Cr])NCCCP(c1ccccc1)c1ccccc1. The van der Waals surface area contributed by atoms with E-state index >= 15 is 0 Å². The Morgan fingerprint density at radius 2 is 1.45 bits per heavy atom. The molecule has 0 bridgehead atoms. The molecule has 1 N–H and O–H groups in total. The van der Waals surface area contributed by atoms with E-state index in [0.29, 0.717) is 0 Å². The normalized spacial score (nSPS) is 10.7. The van der Waals surface area contributed by atoms with E-state index < -0.39 is 0 Å². The summed E-state index contributed by atoms with van der Waals surface area (Å²) >= 11 is 3.00. The van der Waals surface area contributed by atoms with Crippen molar-refractivity contribution in [1.29, 1.82) is 0 Å². The van der Waals surface area contributed by atoms with Crippen LogP contribution in [0.4, 0.5) is 0 Å². The Morgan fingerprint density at radius 1 is 0.950 bits per heavy atom. The van der Waals surface area contributed by atoms with Crippen LogP contribution in [-0.4, -0.2) is 17.2 Å². The zero-order valence-electron chi connectivity index (χ0n) is 11.8. The molecule has 0 fully saturated rings. The molecule has 0 aromatic heterocycles. The summed E-state index contributed by atoms with van der Waals surface area (Å²) in [6.45, 7) is 3.11. The number of rotatable bonds is 7. The molecule has 0 aliphatic rings. The molecule has 0 amide bonds. The molecule has 0 aliphatic carbocycles. The number of benzene rings is 2. The Morgan fingerprint density at radius 3 is 1.90 bits per heavy atom. The van der Waals surface area contributed by atoms with Crippen LogP contribution in [0.15, 0.2) is 60.7 Å². The summed E-state index contributed by atoms with van der Waals surface area (Å²) in [5.41, 5.74) is 0. The predicted molar refractivity (Wildman–Crippen MR) is 87.2 cm³/mol. The van der Waals surface area contributed by atoms with Gasteiger partial charge in [0.25, 0.3) is 0 Å². The molecule has 3 heteroatoms. The molecular weight excluding hydrogens is 301 g/mol. The second-order valence-corrected chi connectivity index (χ2v) is 7.95. The fraction of sp³-hybridized carbons (Fsp3) is 0.235. The third kappa shape index (κ3) is 4.97. The molecular formula is C17H20CrNP. The fourth-order valence-corrected chi connectivity index (χ4v) is 4.64. The fourth-order valence-electron chi connectivity index (χ4n) is 2.12. The molecule has 0 spiro atoms. The van der Waals surface area contributed by atoms with E-state index in [9.17, 15) is 0 Å². The van der Waals surface area contributed by atoms with Gasteiger partial charge in [-0.25, -0.2) is 0 Å². The molecule has 0 heterocycles. The van der Waals surface area contributed by atoms with Crippen molar-refractivity contribution in [3.63, 3.8) is 0 Å². The summed E-state index contributed by atoms with van der Waals surface area (Å²) < 4.78 is 1.17. The van der Waals surface area contributed by atoms with Crippen molar-refractivity contribution >= 4 is 23.0 Å². The summed E-state index contributed by atoms with van der Waals surface area (Å²) in [6.07, 6.45) is 2.41. The van der Waals surface area contributed by atoms with E-state index in [2.05, 4.69) is 88.8 Å². The van der Waals surface area contributed by atoms with E-state index in [0.717, 1.165) is 6.54 Å². The van der Waals surface area contributed by atoms with Crippen LogP contribution in [-0.2, 0) is 15.9 Å². The molecule has 0 unspecified atom stereocenters. The van der Waals surface area contributed by atoms with Gasteiger partial charge >= 0.3 is 131 Å². The molecule has 0 saturated heterocycles. The van der Waals surface area contributed by atoms with Crippen LogP contribution >= 0.6 is 7.92 Å². The minimum absolute atomic E-state index is 0.241. The number of nitrogens with one attached hydrogen (secondary N) is 1. The van der Waals surface area contributed by atoms with Crippen molar-refractivity contribution in [2.45, 2.75) is 13.3 Å². The first-order chi connectivity index (χ1) is 9.77. The van der Waals surface area contributed by atoms with Gasteiger partial charge < -0.3 is 0 Å². The van der Waals surface area contributed by atoms with Crippen molar-refractivity contribution in [1.82, 2.24) is 5.32 Å². The summed E-state index contributed by atoms with van der Waals surface area (Å²) in [4.78, 5) is 0. The second-order valence-electron chi connectivity index (χ2n) is 4.66. The van der Waals surface area contributed by atoms with Gasteiger partial charge in [-0.1, -0.05) is 0 Å². The first-order valence-electron chi connectivity index (χ1n) is 6.89. The number of hydrogen-bond acceptors (Lipinski definition) is 1. The van der Waals surface area contributed by atoms with Gasteiger partial charge in [0.2, 0.25) is 0 Å². The third-order valence-corrected chi connectivity index (χ3v) is 5.90. The Balaban J connectivity index is 2.07. The van der Waals surface area contributed by atoms with Crippen LogP contribution in [0.25, 0.3) is 0 Å². The maximum absolute atomic E-state index is 3.38. The van der Waals surface area contributed by atoms with Gasteiger partial charge in [-0.05, 0) is 0 Å². The van der Waals surface area contributed by atoms with E-state index in [1.807, 2.05) is 0 Å². The van der Waals surface area contributed by atoms with Gasteiger partial charge in [-0.3, -0.25) is 0 Å². The summed E-state index contributed by atoms with van der Waals surface area (Å²) in [7, 11) is -0.241. The molecule has 2 rings (SSSR count). The van der Waals surface area contributed by atoms with Crippen LogP contribution < -0.4 is 15.9 Å². The van der Waals surface area contributed by atoms with E-state index in [1.54, 1.807) is 0 Å². The molecule has 0 saturated carbocycles. The van der Waals surface area contributed by atoms with Crippen molar-refractivity contribution in [3.8, 4) is 0 Å². The van der Waals surface area contributed by atoms with Crippen LogP contribution in [0.5, 0.6) is 0 Å². The first kappa shape index (κ1) is 15.6. The summed E-state index contributed by atoms with van der Waals surface area (Å²) in [6, 6.07) is 21.8. The first-order valence-corrected chi connectivity index (χ1v) is 9.06. The standard InChI is InChI=1S/C17H20NP.Cr/c1-2-18-14-9-15-19(16-10-5-3-6-11-16)17-12-7-4-8-13-17;/h3-8,10-13,18H,9,14-15H2,1H3;. The average Bonchev–Trinajstić information content (AvgIpc) is 2.49. The second kappa shape index (κ2) is 8.50. The molecule has 0 atom stereocenters. The van der Waals surface area contributed by atoms with Crippen LogP contribution in [0.1, 0.15) is 13.3 Å². The maximum atomic E-state index is 3.38. The molecule has 0 aliphatic heterocycles. The Bertz CT molecular complexity index is 488. The Hall–Kier alpha value is -0.768. The Labute approximate surface area is 131 Å². The minimum atomic E-state index is -0.241. The van der Waals surface area contributed by atoms with E-state index in [-0.39, 0.29) is 7.92 Å². The van der Waals surface area contributed by atoms with Gasteiger partial charge in [-0.15, -0.1) is 0 Å². The third-order valence-electron chi connectivity index (χ3n) is 3.07. The van der Waals surface area contributed by atoms with E-state index in [1.165, 1.54) is 27.7 Å². The molecule has 2 aromatic rings. The zero-order valence-corrected chi connectivity index (χ0v) is 13.9. The zero-order chi connectivity index (χ0) is 14.2. The van der Waals surface area contributed by atoms with Crippen LogP contribution in [0.2, 0.25) is 0 Å². The van der Waals surface area contributed by atoms with E-state index in [4.69, 9.17) is 0 Å². The molecule has 2 aromatic carbocycles. The topological polar surface area (TPSA) is 12.0 Å². The molecule has 0 radical (unpaired) electrons. The van der Waals surface area contributed by atoms with Crippen molar-refractivity contribution in [2.24, 2.45) is 0 Å². The average molecular weight is 321 g/mol. The summed E-state index contributed by atoms with van der Waals surface area (Å²) in [5, 5.41) is 6.31. The van der Waals surface area contributed by atoms with Gasteiger partial charge in [0.15, 0.2) is 0 Å². The van der Waals surface area contributed by atoms with Crippen molar-refractivity contribution in [3.05, 3.63) is 60.7 Å². The van der Waals surface area contributed by atoms with Crippen LogP contribution in [0.3, 0.4) is 0 Å². The van der Waals surface area contributed by atoms with Gasteiger partial charge in [0, 0.05) is 0 Å². The molecule has 20 heavy (non-hydrogen) atoms. The Kier molecular flexibility index (Phi) is 6.64. The van der Waals surface area contributed by atoms with Gasteiger partial charge in [0.05, 0.1) is 0 Å². The van der Waals surface area contributed by atoms with Gasteiger partial charge in [-0.2, -0.15) is 0 Å². The van der Waals surface area contributed by atoms with Crippen molar-refractivity contribution < 1.29 is 15.9 Å². The van der Waals surface area contributed by atoms with Crippen LogP contribution in [0, 0.1) is 0 Å².